The van der Waals surface area contributed by atoms with E-state index in [2.05, 4.69) is 11.1 Å². The zero-order valence-electron chi connectivity index (χ0n) is 12.1. The first-order valence-corrected chi connectivity index (χ1v) is 6.86. The Balaban J connectivity index is 2.09. The van der Waals surface area contributed by atoms with Gasteiger partial charge in [-0.2, -0.15) is 0 Å². The molecule has 3 rings (SSSR count). The van der Waals surface area contributed by atoms with Gasteiger partial charge in [-0.15, -0.1) is 0 Å². The van der Waals surface area contributed by atoms with Crippen molar-refractivity contribution in [2.24, 2.45) is 7.05 Å². The lowest BCUT2D eigenvalue weighted by molar-refractivity contribution is 0.887. The van der Waals surface area contributed by atoms with Crippen LogP contribution in [0, 0.1) is 6.92 Å². The molecule has 0 aliphatic heterocycles. The molecule has 0 bridgehead atoms. The minimum absolute atomic E-state index is 0.0856. The predicted molar refractivity (Wildman–Crippen MR) is 87.1 cm³/mol. The highest BCUT2D eigenvalue weighted by Crippen LogP contribution is 2.11. The molecule has 104 valence electrons. The molecule has 3 aromatic rings. The van der Waals surface area contributed by atoms with Crippen molar-refractivity contribution in [2.75, 3.05) is 0 Å². The van der Waals surface area contributed by atoms with Gasteiger partial charge >= 0.3 is 0 Å². The Hall–Kier alpha value is -2.68. The molecule has 0 saturated carbocycles. The third kappa shape index (κ3) is 2.63. The fourth-order valence-electron chi connectivity index (χ4n) is 2.36. The van der Waals surface area contributed by atoms with Gasteiger partial charge in [0, 0.05) is 7.05 Å². The summed E-state index contributed by atoms with van der Waals surface area (Å²) in [5, 5.41) is 0. The quantitative estimate of drug-likeness (QED) is 0.719. The maximum absolute atomic E-state index is 12.3. The van der Waals surface area contributed by atoms with E-state index in [0.29, 0.717) is 5.69 Å². The summed E-state index contributed by atoms with van der Waals surface area (Å²) < 4.78 is 1.64. The van der Waals surface area contributed by atoms with Gasteiger partial charge in [0.05, 0.1) is 11.0 Å². The summed E-state index contributed by atoms with van der Waals surface area (Å²) in [5.41, 5.74) is 4.29. The van der Waals surface area contributed by atoms with E-state index in [1.807, 2.05) is 55.5 Å². The van der Waals surface area contributed by atoms with Crippen LogP contribution >= 0.6 is 0 Å². The minimum Gasteiger partial charge on any atom is -0.308 e. The van der Waals surface area contributed by atoms with Crippen LogP contribution in [0.3, 0.4) is 0 Å². The predicted octanol–water partition coefficient (Wildman–Crippen LogP) is 3.41. The van der Waals surface area contributed by atoms with Gasteiger partial charge in [0.15, 0.2) is 0 Å². The molecule has 3 heteroatoms. The molecule has 1 aromatic heterocycles. The van der Waals surface area contributed by atoms with Crippen LogP contribution in [0.2, 0.25) is 0 Å². The van der Waals surface area contributed by atoms with Crippen molar-refractivity contribution in [3.05, 3.63) is 75.7 Å². The highest BCUT2D eigenvalue weighted by molar-refractivity contribution is 5.77. The van der Waals surface area contributed by atoms with Crippen LogP contribution in [0.1, 0.15) is 16.8 Å². The molecule has 0 fully saturated rings. The van der Waals surface area contributed by atoms with Crippen molar-refractivity contribution in [3.8, 4) is 0 Å². The van der Waals surface area contributed by atoms with Crippen molar-refractivity contribution in [3.63, 3.8) is 0 Å². The Morgan fingerprint density at radius 1 is 1.05 bits per heavy atom. The lowest BCUT2D eigenvalue weighted by Crippen LogP contribution is -2.21. The molecule has 0 saturated heterocycles. The van der Waals surface area contributed by atoms with E-state index in [1.165, 1.54) is 5.56 Å². The molecule has 0 aliphatic carbocycles. The minimum atomic E-state index is -0.0856. The molecular formula is C18H16N2O. The van der Waals surface area contributed by atoms with Crippen LogP contribution in [0.5, 0.6) is 0 Å². The largest absolute Gasteiger partial charge is 0.308 e. The highest BCUT2D eigenvalue weighted by atomic mass is 16.1. The number of aromatic nitrogens is 2. The van der Waals surface area contributed by atoms with E-state index in [0.717, 1.165) is 16.6 Å². The summed E-state index contributed by atoms with van der Waals surface area (Å²) in [4.78, 5) is 16.8. The molecule has 0 spiro atoms. The van der Waals surface area contributed by atoms with E-state index in [9.17, 15) is 4.79 Å². The SMILES string of the molecule is Cc1cccc(C=Cc2nc3ccccc3n(C)c2=O)c1. The third-order valence-electron chi connectivity index (χ3n) is 3.48. The zero-order chi connectivity index (χ0) is 14.8. The van der Waals surface area contributed by atoms with Crippen molar-refractivity contribution in [1.82, 2.24) is 9.55 Å². The summed E-state index contributed by atoms with van der Waals surface area (Å²) in [6.07, 6.45) is 3.70. The summed E-state index contributed by atoms with van der Waals surface area (Å²) in [6, 6.07) is 15.8. The highest BCUT2D eigenvalue weighted by Gasteiger charge is 2.05. The number of hydrogen-bond acceptors (Lipinski definition) is 2. The van der Waals surface area contributed by atoms with Gasteiger partial charge in [0.2, 0.25) is 0 Å². The standard InChI is InChI=1S/C18H16N2O/c1-13-6-5-7-14(12-13)10-11-16-18(21)20(2)17-9-4-3-8-15(17)19-16/h3-12H,1-2H3. The first-order chi connectivity index (χ1) is 10.1. The maximum atomic E-state index is 12.3. The molecule has 2 aromatic carbocycles. The van der Waals surface area contributed by atoms with Gasteiger partial charge in [-0.3, -0.25) is 4.79 Å². The Morgan fingerprint density at radius 2 is 1.86 bits per heavy atom. The Morgan fingerprint density at radius 3 is 2.67 bits per heavy atom. The molecule has 0 N–H and O–H groups in total. The number of aryl methyl sites for hydroxylation is 2. The zero-order valence-corrected chi connectivity index (χ0v) is 12.1. The van der Waals surface area contributed by atoms with Crippen LogP contribution in [-0.2, 0) is 7.05 Å². The van der Waals surface area contributed by atoms with Crippen LogP contribution in [0.15, 0.2) is 53.3 Å². The van der Waals surface area contributed by atoms with Gasteiger partial charge < -0.3 is 4.57 Å². The van der Waals surface area contributed by atoms with Crippen LogP contribution in [0.25, 0.3) is 23.2 Å². The molecule has 0 radical (unpaired) electrons. The monoisotopic (exact) mass is 276 g/mol. The molecule has 3 nitrogen and oxygen atoms in total. The number of rotatable bonds is 2. The first-order valence-electron chi connectivity index (χ1n) is 6.86. The Kier molecular flexibility index (Phi) is 3.40. The molecule has 1 heterocycles. The summed E-state index contributed by atoms with van der Waals surface area (Å²) in [5.74, 6) is 0. The smallest absolute Gasteiger partial charge is 0.276 e. The molecular weight excluding hydrogens is 260 g/mol. The number of fused-ring (bicyclic) bond motifs is 1. The van der Waals surface area contributed by atoms with Crippen LogP contribution in [-0.4, -0.2) is 9.55 Å². The number of benzene rings is 2. The Labute approximate surface area is 123 Å². The van der Waals surface area contributed by atoms with E-state index in [-0.39, 0.29) is 5.56 Å². The molecule has 0 amide bonds. The van der Waals surface area contributed by atoms with Crippen molar-refractivity contribution in [2.45, 2.75) is 6.92 Å². The number of nitrogens with zero attached hydrogens (tertiary/aromatic N) is 2. The summed E-state index contributed by atoms with van der Waals surface area (Å²) in [6.45, 7) is 2.05. The van der Waals surface area contributed by atoms with Gasteiger partial charge in [0.1, 0.15) is 5.69 Å². The van der Waals surface area contributed by atoms with E-state index < -0.39 is 0 Å². The first kappa shape index (κ1) is 13.3. The van der Waals surface area contributed by atoms with E-state index >= 15 is 0 Å². The van der Waals surface area contributed by atoms with Gasteiger partial charge in [-0.1, -0.05) is 48.0 Å². The van der Waals surface area contributed by atoms with Crippen molar-refractivity contribution >= 4 is 23.2 Å². The molecule has 0 unspecified atom stereocenters. The van der Waals surface area contributed by atoms with Crippen molar-refractivity contribution < 1.29 is 0 Å². The lowest BCUT2D eigenvalue weighted by Gasteiger charge is -2.05. The van der Waals surface area contributed by atoms with E-state index in [1.54, 1.807) is 17.7 Å². The number of para-hydroxylation sites is 2. The topological polar surface area (TPSA) is 34.9 Å². The summed E-state index contributed by atoms with van der Waals surface area (Å²) >= 11 is 0. The van der Waals surface area contributed by atoms with Gasteiger partial charge in [0.25, 0.3) is 5.56 Å². The average molecular weight is 276 g/mol. The molecule has 21 heavy (non-hydrogen) atoms. The lowest BCUT2D eigenvalue weighted by atomic mass is 10.1. The molecule has 0 atom stereocenters. The second-order valence-corrected chi connectivity index (χ2v) is 5.10. The van der Waals surface area contributed by atoms with Gasteiger partial charge in [-0.25, -0.2) is 4.98 Å². The average Bonchev–Trinajstić information content (AvgIpc) is 2.50. The number of hydrogen-bond donors (Lipinski definition) is 0. The van der Waals surface area contributed by atoms with Crippen molar-refractivity contribution in [1.29, 1.82) is 0 Å². The third-order valence-corrected chi connectivity index (χ3v) is 3.48. The fraction of sp³-hybridized carbons (Fsp3) is 0.111. The second kappa shape index (κ2) is 5.37. The summed E-state index contributed by atoms with van der Waals surface area (Å²) in [7, 11) is 1.77. The molecule has 0 aliphatic rings. The second-order valence-electron chi connectivity index (χ2n) is 5.10. The van der Waals surface area contributed by atoms with Gasteiger partial charge in [-0.05, 0) is 30.7 Å². The van der Waals surface area contributed by atoms with Crippen LogP contribution in [0.4, 0.5) is 0 Å². The normalized spacial score (nSPS) is 11.3. The van der Waals surface area contributed by atoms with E-state index in [4.69, 9.17) is 0 Å². The Bertz CT molecular complexity index is 891. The fourth-order valence-corrected chi connectivity index (χ4v) is 2.36. The maximum Gasteiger partial charge on any atom is 0.276 e. The van der Waals surface area contributed by atoms with Crippen LogP contribution < -0.4 is 5.56 Å².